The van der Waals surface area contributed by atoms with Crippen molar-refractivity contribution >= 4 is 0 Å². The summed E-state index contributed by atoms with van der Waals surface area (Å²) in [5, 5.41) is 0. The number of hydrogen-bond acceptors (Lipinski definition) is 2. The van der Waals surface area contributed by atoms with E-state index in [9.17, 15) is 0 Å². The van der Waals surface area contributed by atoms with Crippen molar-refractivity contribution in [2.24, 2.45) is 5.92 Å². The maximum absolute atomic E-state index is 2.66. The second-order valence-corrected chi connectivity index (χ2v) is 6.27. The van der Waals surface area contributed by atoms with Gasteiger partial charge in [-0.15, -0.1) is 0 Å². The molecule has 1 atom stereocenters. The van der Waals surface area contributed by atoms with E-state index < -0.39 is 0 Å². The maximum atomic E-state index is 2.66. The molecule has 98 valence electrons. The van der Waals surface area contributed by atoms with E-state index in [1.807, 2.05) is 0 Å². The van der Waals surface area contributed by atoms with Crippen molar-refractivity contribution in [2.45, 2.75) is 46.6 Å². The van der Waals surface area contributed by atoms with E-state index in [0.717, 1.165) is 5.92 Å². The molecule has 2 nitrogen and oxygen atoms in total. The Balaban J connectivity index is 1.78. The van der Waals surface area contributed by atoms with E-state index in [4.69, 9.17) is 0 Å². The van der Waals surface area contributed by atoms with E-state index in [1.165, 1.54) is 45.6 Å². The lowest BCUT2D eigenvalue weighted by Crippen LogP contribution is -2.35. The van der Waals surface area contributed by atoms with Crippen molar-refractivity contribution in [1.29, 1.82) is 0 Å². The van der Waals surface area contributed by atoms with Crippen LogP contribution in [0.4, 0.5) is 0 Å². The van der Waals surface area contributed by atoms with Gasteiger partial charge in [-0.25, -0.2) is 0 Å². The molecule has 2 aliphatic heterocycles. The minimum absolute atomic E-state index is 0.702. The van der Waals surface area contributed by atoms with Gasteiger partial charge < -0.3 is 0 Å². The molecule has 0 aromatic carbocycles. The summed E-state index contributed by atoms with van der Waals surface area (Å²) >= 11 is 0. The van der Waals surface area contributed by atoms with Crippen molar-refractivity contribution in [3.63, 3.8) is 0 Å². The Kier molecular flexibility index (Phi) is 4.26. The first kappa shape index (κ1) is 13.1. The highest BCUT2D eigenvalue weighted by Gasteiger charge is 2.30. The summed E-state index contributed by atoms with van der Waals surface area (Å²) in [6, 6.07) is 0.702. The van der Waals surface area contributed by atoms with Crippen LogP contribution < -0.4 is 0 Å². The molecule has 0 fully saturated rings. The summed E-state index contributed by atoms with van der Waals surface area (Å²) < 4.78 is 0. The van der Waals surface area contributed by atoms with Crippen molar-refractivity contribution < 1.29 is 0 Å². The molecule has 2 heteroatoms. The van der Waals surface area contributed by atoms with Crippen LogP contribution in [0.3, 0.4) is 0 Å². The van der Waals surface area contributed by atoms with Crippen LogP contribution in [-0.2, 0) is 0 Å². The molecular formula is C15H28N2. The molecule has 0 amide bonds. The van der Waals surface area contributed by atoms with Gasteiger partial charge in [0.15, 0.2) is 0 Å². The van der Waals surface area contributed by atoms with Gasteiger partial charge in [0.05, 0.1) is 0 Å². The van der Waals surface area contributed by atoms with E-state index in [-0.39, 0.29) is 0 Å². The van der Waals surface area contributed by atoms with Gasteiger partial charge in [0.25, 0.3) is 0 Å². The first-order valence-electron chi connectivity index (χ1n) is 7.26. The SMILES string of the molecule is CCCC(C)CN1CC2=C(C1)CN(C(C)C)C2. The van der Waals surface area contributed by atoms with Crippen LogP contribution in [-0.4, -0.2) is 48.6 Å². The van der Waals surface area contributed by atoms with Crippen LogP contribution in [0.5, 0.6) is 0 Å². The van der Waals surface area contributed by atoms with E-state index >= 15 is 0 Å². The third-order valence-electron chi connectivity index (χ3n) is 4.20. The Morgan fingerprint density at radius 1 is 1.00 bits per heavy atom. The molecule has 1 unspecified atom stereocenters. The lowest BCUT2D eigenvalue weighted by Gasteiger charge is -2.26. The Morgan fingerprint density at radius 2 is 1.59 bits per heavy atom. The number of rotatable bonds is 5. The van der Waals surface area contributed by atoms with Gasteiger partial charge in [0.2, 0.25) is 0 Å². The maximum Gasteiger partial charge on any atom is 0.0215 e. The smallest absolute Gasteiger partial charge is 0.0215 e. The summed E-state index contributed by atoms with van der Waals surface area (Å²) in [7, 11) is 0. The molecule has 0 bridgehead atoms. The zero-order valence-corrected chi connectivity index (χ0v) is 12.0. The van der Waals surface area contributed by atoms with Crippen molar-refractivity contribution in [3.05, 3.63) is 11.1 Å². The second kappa shape index (κ2) is 5.53. The van der Waals surface area contributed by atoms with Crippen molar-refractivity contribution in [1.82, 2.24) is 9.80 Å². The molecular weight excluding hydrogens is 208 g/mol. The Labute approximate surface area is 107 Å². The number of nitrogens with zero attached hydrogens (tertiary/aromatic N) is 2. The summed E-state index contributed by atoms with van der Waals surface area (Å²) in [6.45, 7) is 15.5. The lowest BCUT2D eigenvalue weighted by atomic mass is 10.1. The van der Waals surface area contributed by atoms with Crippen LogP contribution >= 0.6 is 0 Å². The van der Waals surface area contributed by atoms with Gasteiger partial charge in [-0.3, -0.25) is 9.80 Å². The van der Waals surface area contributed by atoms with Crippen LogP contribution in [0.15, 0.2) is 11.1 Å². The van der Waals surface area contributed by atoms with Gasteiger partial charge in [-0.05, 0) is 37.3 Å². The summed E-state index contributed by atoms with van der Waals surface area (Å²) in [4.78, 5) is 5.25. The third-order valence-corrected chi connectivity index (χ3v) is 4.20. The van der Waals surface area contributed by atoms with Gasteiger partial charge >= 0.3 is 0 Å². The van der Waals surface area contributed by atoms with E-state index in [1.54, 1.807) is 11.1 Å². The molecule has 0 aromatic heterocycles. The second-order valence-electron chi connectivity index (χ2n) is 6.27. The first-order chi connectivity index (χ1) is 8.10. The Bertz CT molecular complexity index is 275. The summed E-state index contributed by atoms with van der Waals surface area (Å²) in [5.41, 5.74) is 3.45. The molecule has 2 heterocycles. The summed E-state index contributed by atoms with van der Waals surface area (Å²) in [5.74, 6) is 0.862. The van der Waals surface area contributed by atoms with E-state index in [0.29, 0.717) is 6.04 Å². The minimum atomic E-state index is 0.702. The molecule has 0 radical (unpaired) electrons. The fraction of sp³-hybridized carbons (Fsp3) is 0.867. The monoisotopic (exact) mass is 236 g/mol. The van der Waals surface area contributed by atoms with Crippen molar-refractivity contribution in [2.75, 3.05) is 32.7 Å². The molecule has 0 aromatic rings. The quantitative estimate of drug-likeness (QED) is 0.677. The van der Waals surface area contributed by atoms with Gasteiger partial charge in [-0.2, -0.15) is 0 Å². The lowest BCUT2D eigenvalue weighted by molar-refractivity contribution is 0.237. The topological polar surface area (TPSA) is 6.48 Å². The van der Waals surface area contributed by atoms with Gasteiger partial charge in [-0.1, -0.05) is 20.3 Å². The number of hydrogen-bond donors (Lipinski definition) is 0. The fourth-order valence-electron chi connectivity index (χ4n) is 3.21. The Hall–Kier alpha value is -0.340. The van der Waals surface area contributed by atoms with E-state index in [2.05, 4.69) is 37.5 Å². The van der Waals surface area contributed by atoms with Crippen LogP contribution in [0, 0.1) is 5.92 Å². The molecule has 0 spiro atoms. The molecule has 2 rings (SSSR count). The minimum Gasteiger partial charge on any atom is -0.295 e. The predicted molar refractivity (Wildman–Crippen MR) is 74.2 cm³/mol. The molecule has 0 aliphatic carbocycles. The summed E-state index contributed by atoms with van der Waals surface area (Å²) in [6.07, 6.45) is 2.70. The van der Waals surface area contributed by atoms with Gasteiger partial charge in [0, 0.05) is 38.8 Å². The highest BCUT2D eigenvalue weighted by molar-refractivity contribution is 5.30. The van der Waals surface area contributed by atoms with Crippen LogP contribution in [0.1, 0.15) is 40.5 Å². The highest BCUT2D eigenvalue weighted by Crippen LogP contribution is 2.27. The molecule has 0 saturated carbocycles. The molecule has 0 saturated heterocycles. The Morgan fingerprint density at radius 3 is 2.06 bits per heavy atom. The average molecular weight is 236 g/mol. The van der Waals surface area contributed by atoms with Crippen molar-refractivity contribution in [3.8, 4) is 0 Å². The highest BCUT2D eigenvalue weighted by atomic mass is 15.2. The van der Waals surface area contributed by atoms with Gasteiger partial charge in [0.1, 0.15) is 0 Å². The standard InChI is InChI=1S/C15H28N2/c1-5-6-13(4)7-16-8-14-10-17(12(2)3)11-15(14)9-16/h12-13H,5-11H2,1-4H3. The average Bonchev–Trinajstić information content (AvgIpc) is 2.74. The zero-order chi connectivity index (χ0) is 12.4. The fourth-order valence-corrected chi connectivity index (χ4v) is 3.21. The first-order valence-corrected chi connectivity index (χ1v) is 7.26. The molecule has 0 N–H and O–H groups in total. The van der Waals surface area contributed by atoms with Crippen LogP contribution in [0.25, 0.3) is 0 Å². The zero-order valence-electron chi connectivity index (χ0n) is 12.0. The largest absolute Gasteiger partial charge is 0.295 e. The van der Waals surface area contributed by atoms with Crippen LogP contribution in [0.2, 0.25) is 0 Å². The molecule has 2 aliphatic rings. The predicted octanol–water partition coefficient (Wildman–Crippen LogP) is 2.76. The normalized spacial score (nSPS) is 23.8. The molecule has 17 heavy (non-hydrogen) atoms. The third kappa shape index (κ3) is 3.11.